The highest BCUT2D eigenvalue weighted by Gasteiger charge is 2.33. The Hall–Kier alpha value is -1.66. The molecule has 1 saturated heterocycles. The average molecular weight is 359 g/mol. The van der Waals surface area contributed by atoms with Gasteiger partial charge in [0.25, 0.3) is 5.91 Å². The predicted octanol–water partition coefficient (Wildman–Crippen LogP) is 1.99. The van der Waals surface area contributed by atoms with Crippen LogP contribution >= 0.6 is 0 Å². The number of hydrogen-bond acceptors (Lipinski definition) is 5. The maximum atomic E-state index is 12.9. The number of anilines is 1. The first-order valence-electron chi connectivity index (χ1n) is 9.94. The number of ether oxygens (including phenoxy) is 1. The highest BCUT2D eigenvalue weighted by atomic mass is 16.5. The summed E-state index contributed by atoms with van der Waals surface area (Å²) in [5.41, 5.74) is 2.70. The lowest BCUT2D eigenvalue weighted by Crippen LogP contribution is -2.37. The van der Waals surface area contributed by atoms with Crippen molar-refractivity contribution in [3.05, 3.63) is 22.9 Å². The molecule has 2 saturated carbocycles. The molecule has 0 aromatic carbocycles. The summed E-state index contributed by atoms with van der Waals surface area (Å²) < 4.78 is 5.44. The van der Waals surface area contributed by atoms with Crippen LogP contribution < -0.4 is 10.2 Å². The molecule has 1 amide bonds. The minimum absolute atomic E-state index is 0.0375. The molecule has 0 spiro atoms. The Labute approximate surface area is 154 Å². The van der Waals surface area contributed by atoms with Gasteiger partial charge >= 0.3 is 0 Å². The third kappa shape index (κ3) is 3.71. The number of nitrogens with zero attached hydrogens (tertiary/aromatic N) is 2. The van der Waals surface area contributed by atoms with Crippen molar-refractivity contribution in [3.8, 4) is 0 Å². The van der Waals surface area contributed by atoms with Crippen LogP contribution in [0.3, 0.4) is 0 Å². The molecule has 1 aromatic rings. The van der Waals surface area contributed by atoms with Crippen molar-refractivity contribution in [2.24, 2.45) is 5.92 Å². The first-order chi connectivity index (χ1) is 12.6. The number of aromatic nitrogens is 1. The molecule has 6 heteroatoms. The average Bonchev–Trinajstić information content (AvgIpc) is 3.42. The Morgan fingerprint density at radius 2 is 2.08 bits per heavy atom. The van der Waals surface area contributed by atoms with Gasteiger partial charge in [0.1, 0.15) is 5.82 Å². The van der Waals surface area contributed by atoms with E-state index in [0.717, 1.165) is 81.0 Å². The maximum Gasteiger partial charge on any atom is 0.253 e. The fourth-order valence-electron chi connectivity index (χ4n) is 4.15. The van der Waals surface area contributed by atoms with Gasteiger partial charge in [0, 0.05) is 31.5 Å². The van der Waals surface area contributed by atoms with E-state index >= 15 is 0 Å². The van der Waals surface area contributed by atoms with Crippen LogP contribution in [0.25, 0.3) is 0 Å². The second-order valence-electron chi connectivity index (χ2n) is 7.90. The van der Waals surface area contributed by atoms with E-state index in [1.165, 1.54) is 0 Å². The van der Waals surface area contributed by atoms with Gasteiger partial charge in [-0.1, -0.05) is 6.42 Å². The number of hydrogen-bond donors (Lipinski definition) is 2. The van der Waals surface area contributed by atoms with E-state index < -0.39 is 0 Å². The molecule has 4 rings (SSSR count). The quantitative estimate of drug-likeness (QED) is 0.841. The summed E-state index contributed by atoms with van der Waals surface area (Å²) in [6, 6.07) is 2.04. The van der Waals surface area contributed by atoms with E-state index in [9.17, 15) is 9.90 Å². The highest BCUT2D eigenvalue weighted by molar-refractivity contribution is 5.97. The van der Waals surface area contributed by atoms with Crippen molar-refractivity contribution >= 4 is 11.7 Å². The molecule has 26 heavy (non-hydrogen) atoms. The fraction of sp³-hybridized carbons (Fsp3) is 0.700. The van der Waals surface area contributed by atoms with Gasteiger partial charge in [-0.05, 0) is 44.2 Å². The summed E-state index contributed by atoms with van der Waals surface area (Å²) in [5.74, 6) is 1.52. The standard InChI is InChI=1S/C20H29N3O3/c1-13-11-17(23-7-9-26-10-8-23)22-19(14-5-6-14)18(13)20(25)21-12-15-3-2-4-16(15)24/h11,14-16,24H,2-10,12H2,1H3,(H,21,25). The zero-order chi connectivity index (χ0) is 18.1. The lowest BCUT2D eigenvalue weighted by Gasteiger charge is -2.29. The van der Waals surface area contributed by atoms with E-state index in [0.29, 0.717) is 12.5 Å². The van der Waals surface area contributed by atoms with Gasteiger partial charge in [0.2, 0.25) is 0 Å². The Morgan fingerprint density at radius 3 is 2.73 bits per heavy atom. The monoisotopic (exact) mass is 359 g/mol. The summed E-state index contributed by atoms with van der Waals surface area (Å²) in [5, 5.41) is 13.0. The maximum absolute atomic E-state index is 12.9. The van der Waals surface area contributed by atoms with Gasteiger partial charge < -0.3 is 20.1 Å². The van der Waals surface area contributed by atoms with E-state index in [4.69, 9.17) is 9.72 Å². The fourth-order valence-corrected chi connectivity index (χ4v) is 4.15. The van der Waals surface area contributed by atoms with Crippen molar-refractivity contribution in [2.75, 3.05) is 37.7 Å². The first-order valence-corrected chi connectivity index (χ1v) is 9.94. The number of aliphatic hydroxyl groups excluding tert-OH is 1. The molecule has 1 aromatic heterocycles. The van der Waals surface area contributed by atoms with Crippen molar-refractivity contribution in [1.82, 2.24) is 10.3 Å². The van der Waals surface area contributed by atoms with Crippen LogP contribution in [-0.4, -0.2) is 54.9 Å². The molecular formula is C20H29N3O3. The Bertz CT molecular complexity index is 669. The number of morpholine rings is 1. The number of aryl methyl sites for hydroxylation is 1. The number of aliphatic hydroxyl groups is 1. The van der Waals surface area contributed by atoms with Gasteiger partial charge in [-0.2, -0.15) is 0 Å². The molecule has 6 nitrogen and oxygen atoms in total. The Morgan fingerprint density at radius 1 is 1.31 bits per heavy atom. The SMILES string of the molecule is Cc1cc(N2CCOCC2)nc(C2CC2)c1C(=O)NCC1CCCC1O. The number of pyridine rings is 1. The minimum Gasteiger partial charge on any atom is -0.393 e. The van der Waals surface area contributed by atoms with Crippen LogP contribution in [0.2, 0.25) is 0 Å². The highest BCUT2D eigenvalue weighted by Crippen LogP contribution is 2.42. The molecule has 1 aliphatic heterocycles. The summed E-state index contributed by atoms with van der Waals surface area (Å²) in [6.45, 7) is 5.71. The second kappa shape index (κ2) is 7.53. The van der Waals surface area contributed by atoms with E-state index in [1.54, 1.807) is 0 Å². The van der Waals surface area contributed by atoms with E-state index in [1.807, 2.05) is 13.0 Å². The van der Waals surface area contributed by atoms with Gasteiger partial charge in [-0.15, -0.1) is 0 Å². The van der Waals surface area contributed by atoms with Gasteiger partial charge in [-0.25, -0.2) is 4.98 Å². The largest absolute Gasteiger partial charge is 0.393 e. The molecule has 142 valence electrons. The van der Waals surface area contributed by atoms with Gasteiger partial charge in [0.15, 0.2) is 0 Å². The summed E-state index contributed by atoms with van der Waals surface area (Å²) in [7, 11) is 0. The number of nitrogens with one attached hydrogen (secondary N) is 1. The molecule has 0 radical (unpaired) electrons. The molecule has 2 N–H and O–H groups in total. The Balaban J connectivity index is 1.53. The summed E-state index contributed by atoms with van der Waals surface area (Å²) in [6.07, 6.45) is 4.83. The van der Waals surface area contributed by atoms with E-state index in [-0.39, 0.29) is 17.9 Å². The molecule has 2 aliphatic carbocycles. The number of amides is 1. The summed E-state index contributed by atoms with van der Waals surface area (Å²) in [4.78, 5) is 20.0. The number of rotatable bonds is 5. The molecule has 2 heterocycles. The smallest absolute Gasteiger partial charge is 0.253 e. The van der Waals surface area contributed by atoms with Crippen LogP contribution in [0.15, 0.2) is 6.07 Å². The summed E-state index contributed by atoms with van der Waals surface area (Å²) >= 11 is 0. The topological polar surface area (TPSA) is 74.7 Å². The van der Waals surface area contributed by atoms with E-state index in [2.05, 4.69) is 10.2 Å². The zero-order valence-corrected chi connectivity index (χ0v) is 15.5. The lowest BCUT2D eigenvalue weighted by molar-refractivity contribution is 0.0914. The van der Waals surface area contributed by atoms with Crippen LogP contribution in [0.1, 0.15) is 59.6 Å². The molecular weight excluding hydrogens is 330 g/mol. The number of carbonyl (C=O) groups excluding carboxylic acids is 1. The second-order valence-corrected chi connectivity index (χ2v) is 7.90. The third-order valence-electron chi connectivity index (χ3n) is 5.90. The van der Waals surface area contributed by atoms with Gasteiger partial charge in [-0.3, -0.25) is 4.79 Å². The third-order valence-corrected chi connectivity index (χ3v) is 5.90. The minimum atomic E-state index is -0.277. The van der Waals surface area contributed by atoms with Crippen LogP contribution in [0, 0.1) is 12.8 Å². The first kappa shape index (κ1) is 17.7. The number of carbonyl (C=O) groups is 1. The zero-order valence-electron chi connectivity index (χ0n) is 15.5. The van der Waals surface area contributed by atoms with Crippen LogP contribution in [0.5, 0.6) is 0 Å². The lowest BCUT2D eigenvalue weighted by atomic mass is 10.0. The Kier molecular flexibility index (Phi) is 5.14. The molecule has 3 aliphatic rings. The van der Waals surface area contributed by atoms with Crippen LogP contribution in [-0.2, 0) is 4.74 Å². The normalized spacial score (nSPS) is 26.2. The van der Waals surface area contributed by atoms with Crippen molar-refractivity contribution in [1.29, 1.82) is 0 Å². The molecule has 0 bridgehead atoms. The molecule has 2 atom stereocenters. The van der Waals surface area contributed by atoms with Crippen molar-refractivity contribution < 1.29 is 14.6 Å². The van der Waals surface area contributed by atoms with Crippen molar-refractivity contribution in [3.63, 3.8) is 0 Å². The molecule has 2 unspecified atom stereocenters. The predicted molar refractivity (Wildman–Crippen MR) is 99.7 cm³/mol. The van der Waals surface area contributed by atoms with Crippen LogP contribution in [0.4, 0.5) is 5.82 Å². The van der Waals surface area contributed by atoms with Crippen molar-refractivity contribution in [2.45, 2.75) is 51.0 Å². The van der Waals surface area contributed by atoms with Gasteiger partial charge in [0.05, 0.1) is 30.6 Å². The molecule has 3 fully saturated rings.